The molecular weight excluding hydrogens is 259 g/mol. The molecule has 20 heavy (non-hydrogen) atoms. The number of carbonyl (C=O) groups excluding carboxylic acids is 1. The van der Waals surface area contributed by atoms with E-state index in [2.05, 4.69) is 0 Å². The standard InChI is InChI=1S/C16H13FO3/c1-10-5-6-11(17)9-13(10)15(18)12-3-2-4-14-16(12)20-8-7-19-14/h2-6,9H,7-8H2,1H3. The molecule has 0 unspecified atom stereocenters. The Morgan fingerprint density at radius 2 is 1.90 bits per heavy atom. The van der Waals surface area contributed by atoms with E-state index in [9.17, 15) is 9.18 Å². The maximum absolute atomic E-state index is 13.4. The Balaban J connectivity index is 2.09. The molecule has 0 saturated carbocycles. The normalized spacial score (nSPS) is 13.1. The molecule has 1 aliphatic heterocycles. The van der Waals surface area contributed by atoms with Gasteiger partial charge in [-0.3, -0.25) is 4.79 Å². The van der Waals surface area contributed by atoms with Crippen molar-refractivity contribution in [2.45, 2.75) is 6.92 Å². The molecule has 0 spiro atoms. The van der Waals surface area contributed by atoms with Crippen molar-refractivity contribution in [2.75, 3.05) is 13.2 Å². The first-order valence-electron chi connectivity index (χ1n) is 6.36. The summed E-state index contributed by atoms with van der Waals surface area (Å²) in [6, 6.07) is 9.33. The summed E-state index contributed by atoms with van der Waals surface area (Å²) in [6.07, 6.45) is 0. The molecule has 102 valence electrons. The maximum Gasteiger partial charge on any atom is 0.197 e. The average Bonchev–Trinajstić information content (AvgIpc) is 2.48. The van der Waals surface area contributed by atoms with Crippen molar-refractivity contribution in [1.82, 2.24) is 0 Å². The molecule has 0 aromatic heterocycles. The number of hydrogen-bond donors (Lipinski definition) is 0. The number of ketones is 1. The van der Waals surface area contributed by atoms with Crippen LogP contribution in [-0.4, -0.2) is 19.0 Å². The van der Waals surface area contributed by atoms with Gasteiger partial charge >= 0.3 is 0 Å². The van der Waals surface area contributed by atoms with Crippen LogP contribution in [0.25, 0.3) is 0 Å². The van der Waals surface area contributed by atoms with Crippen LogP contribution in [0.2, 0.25) is 0 Å². The fourth-order valence-electron chi connectivity index (χ4n) is 2.24. The van der Waals surface area contributed by atoms with E-state index in [-0.39, 0.29) is 5.78 Å². The van der Waals surface area contributed by atoms with Crippen molar-refractivity contribution < 1.29 is 18.7 Å². The van der Waals surface area contributed by atoms with Gasteiger partial charge in [-0.25, -0.2) is 4.39 Å². The van der Waals surface area contributed by atoms with Crippen LogP contribution >= 0.6 is 0 Å². The molecule has 0 N–H and O–H groups in total. The third-order valence-corrected chi connectivity index (χ3v) is 3.26. The summed E-state index contributed by atoms with van der Waals surface area (Å²) < 4.78 is 24.3. The Bertz CT molecular complexity index is 679. The first kappa shape index (κ1) is 12.7. The fourth-order valence-corrected chi connectivity index (χ4v) is 2.24. The van der Waals surface area contributed by atoms with Crippen molar-refractivity contribution >= 4 is 5.78 Å². The van der Waals surface area contributed by atoms with E-state index in [0.29, 0.717) is 35.8 Å². The third-order valence-electron chi connectivity index (χ3n) is 3.26. The molecule has 1 heterocycles. The summed E-state index contributed by atoms with van der Waals surface area (Å²) >= 11 is 0. The van der Waals surface area contributed by atoms with Gasteiger partial charge in [0.25, 0.3) is 0 Å². The Morgan fingerprint density at radius 3 is 2.75 bits per heavy atom. The molecule has 0 atom stereocenters. The zero-order valence-corrected chi connectivity index (χ0v) is 11.0. The quantitative estimate of drug-likeness (QED) is 0.788. The van der Waals surface area contributed by atoms with Crippen LogP contribution in [-0.2, 0) is 0 Å². The van der Waals surface area contributed by atoms with Gasteiger partial charge in [-0.05, 0) is 36.8 Å². The Morgan fingerprint density at radius 1 is 1.10 bits per heavy atom. The number of para-hydroxylation sites is 1. The first-order valence-corrected chi connectivity index (χ1v) is 6.36. The van der Waals surface area contributed by atoms with Gasteiger partial charge in [-0.2, -0.15) is 0 Å². The Labute approximate surface area is 115 Å². The second kappa shape index (κ2) is 4.96. The van der Waals surface area contributed by atoms with E-state index >= 15 is 0 Å². The molecule has 0 fully saturated rings. The van der Waals surface area contributed by atoms with Crippen LogP contribution in [0, 0.1) is 12.7 Å². The minimum absolute atomic E-state index is 0.260. The van der Waals surface area contributed by atoms with Crippen molar-refractivity contribution in [2.24, 2.45) is 0 Å². The van der Waals surface area contributed by atoms with Crippen LogP contribution in [0.1, 0.15) is 21.5 Å². The van der Waals surface area contributed by atoms with E-state index < -0.39 is 5.82 Å². The van der Waals surface area contributed by atoms with Crippen molar-refractivity contribution in [1.29, 1.82) is 0 Å². The highest BCUT2D eigenvalue weighted by Crippen LogP contribution is 2.35. The van der Waals surface area contributed by atoms with Crippen molar-refractivity contribution in [3.63, 3.8) is 0 Å². The molecule has 3 nitrogen and oxygen atoms in total. The number of aryl methyl sites for hydroxylation is 1. The van der Waals surface area contributed by atoms with E-state index in [0.717, 1.165) is 5.56 Å². The zero-order valence-electron chi connectivity index (χ0n) is 11.0. The molecule has 0 radical (unpaired) electrons. The Hall–Kier alpha value is -2.36. The van der Waals surface area contributed by atoms with E-state index in [4.69, 9.17) is 9.47 Å². The van der Waals surface area contributed by atoms with Crippen LogP contribution in [0.4, 0.5) is 4.39 Å². The van der Waals surface area contributed by atoms with Crippen LogP contribution < -0.4 is 9.47 Å². The van der Waals surface area contributed by atoms with Gasteiger partial charge in [0.05, 0.1) is 5.56 Å². The number of rotatable bonds is 2. The fraction of sp³-hybridized carbons (Fsp3) is 0.188. The van der Waals surface area contributed by atoms with E-state index in [1.165, 1.54) is 12.1 Å². The molecule has 0 saturated heterocycles. The summed E-state index contributed by atoms with van der Waals surface area (Å²) in [4.78, 5) is 12.6. The number of halogens is 1. The highest BCUT2D eigenvalue weighted by Gasteiger charge is 2.22. The topological polar surface area (TPSA) is 35.5 Å². The minimum atomic E-state index is -0.430. The molecule has 0 bridgehead atoms. The summed E-state index contributed by atoms with van der Waals surface area (Å²) in [5.74, 6) is 0.300. The molecule has 0 aliphatic carbocycles. The lowest BCUT2D eigenvalue weighted by molar-refractivity contribution is 0.102. The van der Waals surface area contributed by atoms with Crippen molar-refractivity contribution in [3.8, 4) is 11.5 Å². The molecular formula is C16H13FO3. The first-order chi connectivity index (χ1) is 9.66. The van der Waals surface area contributed by atoms with Crippen molar-refractivity contribution in [3.05, 3.63) is 58.9 Å². The van der Waals surface area contributed by atoms with Crippen LogP contribution in [0.5, 0.6) is 11.5 Å². The SMILES string of the molecule is Cc1ccc(F)cc1C(=O)c1cccc2c1OCCO2. The second-order valence-electron chi connectivity index (χ2n) is 4.62. The summed E-state index contributed by atoms with van der Waals surface area (Å²) in [5.41, 5.74) is 1.47. The number of ether oxygens (including phenoxy) is 2. The Kier molecular flexibility index (Phi) is 3.14. The zero-order chi connectivity index (χ0) is 14.1. The number of benzene rings is 2. The van der Waals surface area contributed by atoms with Gasteiger partial charge in [0.15, 0.2) is 17.3 Å². The maximum atomic E-state index is 13.4. The molecule has 3 rings (SSSR count). The minimum Gasteiger partial charge on any atom is -0.486 e. The third kappa shape index (κ3) is 2.13. The lowest BCUT2D eigenvalue weighted by atomic mass is 9.98. The molecule has 4 heteroatoms. The lowest BCUT2D eigenvalue weighted by Crippen LogP contribution is -2.18. The summed E-state index contributed by atoms with van der Waals surface area (Å²) in [5, 5.41) is 0. The molecule has 0 amide bonds. The highest BCUT2D eigenvalue weighted by molar-refractivity contribution is 6.12. The predicted octanol–water partition coefficient (Wildman–Crippen LogP) is 3.14. The molecule has 2 aromatic rings. The van der Waals surface area contributed by atoms with Crippen LogP contribution in [0.3, 0.4) is 0 Å². The highest BCUT2D eigenvalue weighted by atomic mass is 19.1. The average molecular weight is 272 g/mol. The van der Waals surface area contributed by atoms with E-state index in [1.54, 1.807) is 31.2 Å². The predicted molar refractivity (Wildman–Crippen MR) is 72.0 cm³/mol. The van der Waals surface area contributed by atoms with Crippen LogP contribution in [0.15, 0.2) is 36.4 Å². The van der Waals surface area contributed by atoms with Gasteiger partial charge in [0.1, 0.15) is 19.0 Å². The number of carbonyl (C=O) groups is 1. The largest absolute Gasteiger partial charge is 0.486 e. The lowest BCUT2D eigenvalue weighted by Gasteiger charge is -2.20. The monoisotopic (exact) mass is 272 g/mol. The second-order valence-corrected chi connectivity index (χ2v) is 4.62. The molecule has 2 aromatic carbocycles. The molecule has 1 aliphatic rings. The van der Waals surface area contributed by atoms with Gasteiger partial charge in [-0.1, -0.05) is 12.1 Å². The summed E-state index contributed by atoms with van der Waals surface area (Å²) in [6.45, 7) is 2.64. The number of hydrogen-bond acceptors (Lipinski definition) is 3. The van der Waals surface area contributed by atoms with Gasteiger partial charge < -0.3 is 9.47 Å². The van der Waals surface area contributed by atoms with Gasteiger partial charge in [-0.15, -0.1) is 0 Å². The van der Waals surface area contributed by atoms with Gasteiger partial charge in [0, 0.05) is 5.56 Å². The smallest absolute Gasteiger partial charge is 0.197 e. The van der Waals surface area contributed by atoms with Gasteiger partial charge in [0.2, 0.25) is 0 Å². The van der Waals surface area contributed by atoms with E-state index in [1.807, 2.05) is 0 Å². The number of fused-ring (bicyclic) bond motifs is 1. The summed E-state index contributed by atoms with van der Waals surface area (Å²) in [7, 11) is 0.